The van der Waals surface area contributed by atoms with Crippen molar-refractivity contribution in [3.8, 4) is 11.8 Å². The lowest BCUT2D eigenvalue weighted by atomic mass is 9.43. The highest BCUT2D eigenvalue weighted by molar-refractivity contribution is 7.46. The SMILES string of the molecule is CC#C[C@]1(O)CCC2C3CC=C4CC(=O)CCC4=C3[C@@H](c3ccc(N(C)CCO[C@H]4CC[C@@]5(C)[C@@H](C4)C[C@@H](OCOP(=O)(O)O)[C@@H]4[C@@H]5C[C@H](O)[C@]5(C)[C@@H]([C@H](C)CCC(=O)O)CC[C@@H]45)cc3)C[C@@]21C. The number of anilines is 1. The summed E-state index contributed by atoms with van der Waals surface area (Å²) in [7, 11) is -2.64. The van der Waals surface area contributed by atoms with Crippen LogP contribution in [-0.4, -0.2) is 87.8 Å². The second-order valence-electron chi connectivity index (χ2n) is 23.4. The Morgan fingerprint density at radius 2 is 1.75 bits per heavy atom. The van der Waals surface area contributed by atoms with Gasteiger partial charge in [0.25, 0.3) is 0 Å². The lowest BCUT2D eigenvalue weighted by Crippen LogP contribution is -2.62. The normalized spacial score (nSPS) is 41.2. The molecular weight excluding hydrogens is 882 g/mol. The molecule has 9 rings (SSSR count). The number of benzene rings is 1. The molecule has 1 aromatic carbocycles. The summed E-state index contributed by atoms with van der Waals surface area (Å²) in [6.07, 6.45) is 13.4. The highest BCUT2D eigenvalue weighted by Gasteiger charge is 2.67. The third-order valence-corrected chi connectivity index (χ3v) is 20.9. The molecule has 12 nitrogen and oxygen atoms in total. The molecule has 0 heterocycles. The smallest absolute Gasteiger partial charge is 0.471 e. The van der Waals surface area contributed by atoms with Crippen molar-refractivity contribution < 1.29 is 53.3 Å². The molecule has 1 aromatic rings. The van der Waals surface area contributed by atoms with E-state index in [9.17, 15) is 39.3 Å². The van der Waals surface area contributed by atoms with E-state index >= 15 is 0 Å². The van der Waals surface area contributed by atoms with Crippen molar-refractivity contribution in [3.05, 3.63) is 52.6 Å². The molecule has 7 fully saturated rings. The number of allylic oxidation sites excluding steroid dienone is 4. The molecule has 0 saturated heterocycles. The molecule has 0 radical (unpaired) electrons. The molecule has 68 heavy (non-hydrogen) atoms. The molecular formula is C55H78NO11P. The predicted molar refractivity (Wildman–Crippen MR) is 259 cm³/mol. The van der Waals surface area contributed by atoms with Crippen LogP contribution >= 0.6 is 7.82 Å². The number of likely N-dealkylation sites (N-methyl/N-ethyl adjacent to an activating group) is 1. The van der Waals surface area contributed by atoms with Crippen molar-refractivity contribution in [2.45, 2.75) is 167 Å². The van der Waals surface area contributed by atoms with Gasteiger partial charge in [0.1, 0.15) is 11.4 Å². The fraction of sp³-hybridized carbons (Fsp3) is 0.745. The molecule has 2 unspecified atom stereocenters. The Balaban J connectivity index is 0.869. The first-order chi connectivity index (χ1) is 32.2. The number of carbonyl (C=O) groups is 2. The number of carboxylic acids is 1. The Bertz CT molecular complexity index is 2260. The maximum Gasteiger partial charge on any atom is 0.471 e. The molecule has 0 aromatic heterocycles. The molecule has 0 amide bonds. The fourth-order valence-electron chi connectivity index (χ4n) is 16.9. The minimum Gasteiger partial charge on any atom is -0.481 e. The van der Waals surface area contributed by atoms with Crippen LogP contribution in [-0.2, 0) is 28.2 Å². The van der Waals surface area contributed by atoms with Gasteiger partial charge in [0.15, 0.2) is 6.79 Å². The van der Waals surface area contributed by atoms with Gasteiger partial charge >= 0.3 is 13.8 Å². The number of ether oxygens (including phenoxy) is 2. The summed E-state index contributed by atoms with van der Waals surface area (Å²) in [4.78, 5) is 45.5. The number of hydrogen-bond donors (Lipinski definition) is 5. The molecule has 16 atom stereocenters. The van der Waals surface area contributed by atoms with Gasteiger partial charge in [-0.15, -0.1) is 5.92 Å². The largest absolute Gasteiger partial charge is 0.481 e. The van der Waals surface area contributed by atoms with Crippen LogP contribution in [0.15, 0.2) is 47.1 Å². The summed E-state index contributed by atoms with van der Waals surface area (Å²) in [5, 5.41) is 33.7. The first-order valence-electron chi connectivity index (χ1n) is 25.9. The Kier molecular flexibility index (Phi) is 14.0. The Morgan fingerprint density at radius 3 is 2.47 bits per heavy atom. The number of Topliss-reactive ketones (excluding diaryl/α,β-unsaturated/α-hetero) is 1. The number of phosphoric acid groups is 1. The highest BCUT2D eigenvalue weighted by Crippen LogP contribution is 2.70. The van der Waals surface area contributed by atoms with Crippen molar-refractivity contribution >= 4 is 25.3 Å². The number of carboxylic acid groups (broad SMARTS) is 1. The molecule has 374 valence electrons. The molecule has 13 heteroatoms. The zero-order chi connectivity index (χ0) is 48.6. The summed E-state index contributed by atoms with van der Waals surface area (Å²) >= 11 is 0. The maximum atomic E-state index is 12.6. The van der Waals surface area contributed by atoms with Gasteiger partial charge in [-0.3, -0.25) is 14.1 Å². The van der Waals surface area contributed by atoms with Crippen LogP contribution in [0.3, 0.4) is 0 Å². The van der Waals surface area contributed by atoms with Crippen LogP contribution in [0.1, 0.15) is 149 Å². The van der Waals surface area contributed by atoms with Gasteiger partial charge < -0.3 is 39.5 Å². The number of phosphoric ester groups is 1. The Morgan fingerprint density at radius 1 is 0.985 bits per heavy atom. The van der Waals surface area contributed by atoms with E-state index in [1.807, 2.05) is 6.92 Å². The molecule has 0 bridgehead atoms. The highest BCUT2D eigenvalue weighted by atomic mass is 31.2. The number of carbonyl (C=O) groups excluding carboxylic acids is 1. The quantitative estimate of drug-likeness (QED) is 0.0678. The lowest BCUT2D eigenvalue weighted by Gasteiger charge is -2.64. The number of aliphatic hydroxyl groups is 2. The van der Waals surface area contributed by atoms with E-state index in [1.54, 1.807) is 0 Å². The Labute approximate surface area is 404 Å². The average Bonchev–Trinajstić information content (AvgIpc) is 3.78. The Hall–Kier alpha value is -2.85. The third-order valence-electron chi connectivity index (χ3n) is 20.5. The minimum absolute atomic E-state index is 0.0484. The summed E-state index contributed by atoms with van der Waals surface area (Å²) in [6.45, 7) is 11.6. The van der Waals surface area contributed by atoms with Crippen LogP contribution in [0.2, 0.25) is 0 Å². The standard InChI is InChI=1S/C55H78NO11P/c1-7-22-55(61)24-21-44-41-15-11-35-27-38(57)14-16-40(35)50(41)42(31-53(44,55)4)34-9-12-37(13-10-34)56(6)25-26-65-39-20-23-52(3)36(28-39)29-47(66-32-67-68(62,63)64)51-45-18-17-43(33(2)8-19-49(59)60)54(45,5)48(58)30-46(51)52/h9-13,33,36,39,41-48,51,58,61H,8,14-21,23-32H2,1-6H3,(H,59,60)(H2,62,63,64)/t33-,36+,39+,41?,42-,43-,44?,45+,46+,47-,48+,51+,52+,53+,54-,55+/m1/s1. The molecule has 0 spiro atoms. The van der Waals surface area contributed by atoms with E-state index in [0.717, 1.165) is 69.9 Å². The molecule has 0 aliphatic heterocycles. The summed E-state index contributed by atoms with van der Waals surface area (Å²) < 4.78 is 29.7. The van der Waals surface area contributed by atoms with Crippen molar-refractivity contribution in [1.29, 1.82) is 0 Å². The number of ketones is 1. The van der Waals surface area contributed by atoms with E-state index < -0.39 is 37.7 Å². The predicted octanol–water partition coefficient (Wildman–Crippen LogP) is 9.35. The number of aliphatic hydroxyl groups excluding tert-OH is 1. The first kappa shape index (κ1) is 50.1. The summed E-state index contributed by atoms with van der Waals surface area (Å²) in [5.41, 5.74) is 4.66. The second kappa shape index (κ2) is 19.0. The number of rotatable bonds is 14. The van der Waals surface area contributed by atoms with Gasteiger partial charge in [-0.1, -0.05) is 57.4 Å². The first-order valence-corrected chi connectivity index (χ1v) is 27.5. The van der Waals surface area contributed by atoms with Crippen molar-refractivity contribution in [2.24, 2.45) is 63.6 Å². The van der Waals surface area contributed by atoms with Crippen molar-refractivity contribution in [2.75, 3.05) is 31.9 Å². The number of aliphatic carboxylic acids is 1. The van der Waals surface area contributed by atoms with Crippen LogP contribution in [0, 0.1) is 75.4 Å². The zero-order valence-electron chi connectivity index (χ0n) is 41.3. The zero-order valence-corrected chi connectivity index (χ0v) is 42.2. The summed E-state index contributed by atoms with van der Waals surface area (Å²) in [6, 6.07) is 8.98. The van der Waals surface area contributed by atoms with E-state index in [1.165, 1.54) is 22.3 Å². The van der Waals surface area contributed by atoms with Crippen LogP contribution in [0.4, 0.5) is 5.69 Å². The molecule has 5 N–H and O–H groups in total. The third kappa shape index (κ3) is 8.84. The number of nitrogens with zero attached hydrogens (tertiary/aromatic N) is 1. The van der Waals surface area contributed by atoms with E-state index in [2.05, 4.69) is 81.8 Å². The van der Waals surface area contributed by atoms with Gasteiger partial charge in [-0.25, -0.2) is 4.57 Å². The maximum absolute atomic E-state index is 12.6. The average molecular weight is 960 g/mol. The van der Waals surface area contributed by atoms with Crippen LogP contribution < -0.4 is 4.90 Å². The monoisotopic (exact) mass is 960 g/mol. The van der Waals surface area contributed by atoms with Crippen LogP contribution in [0.25, 0.3) is 0 Å². The van der Waals surface area contributed by atoms with Crippen molar-refractivity contribution in [3.63, 3.8) is 0 Å². The van der Waals surface area contributed by atoms with Gasteiger partial charge in [0.05, 0.1) is 24.9 Å². The van der Waals surface area contributed by atoms with Crippen LogP contribution in [0.5, 0.6) is 0 Å². The lowest BCUT2D eigenvalue weighted by molar-refractivity contribution is -0.227. The number of hydrogen-bond acceptors (Lipinski definition) is 9. The second-order valence-corrected chi connectivity index (χ2v) is 24.7. The van der Waals surface area contributed by atoms with Gasteiger partial charge in [0, 0.05) is 49.9 Å². The molecule has 7 saturated carbocycles. The number of fused-ring (bicyclic) bond motifs is 9. The van der Waals surface area contributed by atoms with Gasteiger partial charge in [-0.05, 0) is 177 Å². The topological polar surface area (TPSA) is 183 Å². The fourth-order valence-corrected chi connectivity index (χ4v) is 17.1. The summed E-state index contributed by atoms with van der Waals surface area (Å²) in [5.74, 6) is 7.58. The van der Waals surface area contributed by atoms with E-state index in [4.69, 9.17) is 14.0 Å². The molecule has 8 aliphatic rings. The van der Waals surface area contributed by atoms with Gasteiger partial charge in [0.2, 0.25) is 0 Å². The van der Waals surface area contributed by atoms with Crippen molar-refractivity contribution in [1.82, 2.24) is 0 Å². The molecule has 8 aliphatic carbocycles. The van der Waals surface area contributed by atoms with E-state index in [0.29, 0.717) is 62.9 Å². The minimum atomic E-state index is -4.75. The van der Waals surface area contributed by atoms with E-state index in [-0.39, 0.29) is 70.9 Å². The van der Waals surface area contributed by atoms with Gasteiger partial charge in [-0.2, -0.15) is 0 Å².